The summed E-state index contributed by atoms with van der Waals surface area (Å²) in [5.74, 6) is 2.72. The molecule has 1 aliphatic heterocycles. The van der Waals surface area contributed by atoms with Gasteiger partial charge >= 0.3 is 0 Å². The van der Waals surface area contributed by atoms with Gasteiger partial charge in [0.25, 0.3) is 0 Å². The first-order valence-electron chi connectivity index (χ1n) is 14.0. The molecule has 4 saturated carbocycles. The Morgan fingerprint density at radius 2 is 1.55 bits per heavy atom. The molecule has 3 heteroatoms. The maximum Gasteiger partial charge on any atom is 0.138 e. The number of ketones is 1. The zero-order chi connectivity index (χ0) is 24.2. The molecule has 5 aliphatic rings. The predicted octanol–water partition coefficient (Wildman–Crippen LogP) is 6.95. The second-order valence-corrected chi connectivity index (χ2v) is 15.1. The molecule has 0 aromatic heterocycles. The van der Waals surface area contributed by atoms with Gasteiger partial charge in [-0.15, -0.1) is 0 Å². The van der Waals surface area contributed by atoms with Gasteiger partial charge in [0.2, 0.25) is 0 Å². The van der Waals surface area contributed by atoms with Crippen LogP contribution >= 0.6 is 0 Å². The van der Waals surface area contributed by atoms with Gasteiger partial charge in [-0.1, -0.05) is 34.6 Å². The number of hydrogen-bond donors (Lipinski definition) is 1. The van der Waals surface area contributed by atoms with E-state index in [1.165, 1.54) is 32.1 Å². The molecule has 0 unspecified atom stereocenters. The molecule has 5 fully saturated rings. The highest BCUT2D eigenvalue weighted by Crippen LogP contribution is 2.75. The van der Waals surface area contributed by atoms with Gasteiger partial charge in [0, 0.05) is 11.8 Å². The van der Waals surface area contributed by atoms with E-state index in [0.29, 0.717) is 46.4 Å². The number of carbonyl (C=O) groups is 1. The van der Waals surface area contributed by atoms with Gasteiger partial charge in [-0.25, -0.2) is 0 Å². The van der Waals surface area contributed by atoms with Crippen LogP contribution in [0.1, 0.15) is 120 Å². The van der Waals surface area contributed by atoms with Gasteiger partial charge in [-0.3, -0.25) is 4.79 Å². The fraction of sp³-hybridized carbons (Fsp3) is 0.967. The molecule has 0 bridgehead atoms. The Kier molecular flexibility index (Phi) is 5.22. The third-order valence-corrected chi connectivity index (χ3v) is 13.0. The summed E-state index contributed by atoms with van der Waals surface area (Å²) in [4.78, 5) is 12.9. The van der Waals surface area contributed by atoms with Crippen molar-refractivity contribution in [2.75, 3.05) is 0 Å². The smallest absolute Gasteiger partial charge is 0.138 e. The van der Waals surface area contributed by atoms with Crippen molar-refractivity contribution in [1.29, 1.82) is 0 Å². The van der Waals surface area contributed by atoms with E-state index in [4.69, 9.17) is 4.74 Å². The van der Waals surface area contributed by atoms with Crippen molar-refractivity contribution in [3.8, 4) is 0 Å². The predicted molar refractivity (Wildman–Crippen MR) is 133 cm³/mol. The molecule has 0 spiro atoms. The minimum absolute atomic E-state index is 0.00897. The summed E-state index contributed by atoms with van der Waals surface area (Å²) in [6.45, 7) is 18.7. The Bertz CT molecular complexity index is 826. The SMILES string of the molecule is CC1(C)O[C@H]1CC[C@](C)(O)[C@H]1CC[C@]2(C)[C@@H]1CC[C@@H]1[C@@]3(C)CCC(=O)C(C)(C)[C@@H]3CC[C@]12C. The van der Waals surface area contributed by atoms with Crippen LogP contribution in [0.25, 0.3) is 0 Å². The molecule has 0 radical (unpaired) electrons. The molecule has 0 aromatic rings. The Morgan fingerprint density at radius 3 is 2.18 bits per heavy atom. The lowest BCUT2D eigenvalue weighted by Crippen LogP contribution is -2.63. The topological polar surface area (TPSA) is 49.8 Å². The average molecular weight is 459 g/mol. The fourth-order valence-electron chi connectivity index (χ4n) is 10.6. The molecule has 3 nitrogen and oxygen atoms in total. The van der Waals surface area contributed by atoms with Crippen LogP contribution in [0.2, 0.25) is 0 Å². The number of carbonyl (C=O) groups excluding carboxylic acids is 1. The van der Waals surface area contributed by atoms with Crippen LogP contribution in [-0.2, 0) is 9.53 Å². The van der Waals surface area contributed by atoms with Crippen molar-refractivity contribution < 1.29 is 14.6 Å². The van der Waals surface area contributed by atoms with E-state index in [9.17, 15) is 9.90 Å². The summed E-state index contributed by atoms with van der Waals surface area (Å²) in [6.07, 6.45) is 11.4. The number of aliphatic hydroxyl groups is 1. The van der Waals surface area contributed by atoms with Crippen LogP contribution in [-0.4, -0.2) is 28.2 Å². The fourth-order valence-corrected chi connectivity index (χ4v) is 10.6. The van der Waals surface area contributed by atoms with Crippen LogP contribution in [0, 0.1) is 45.3 Å². The summed E-state index contributed by atoms with van der Waals surface area (Å²) in [6, 6.07) is 0. The molecular formula is C30H50O3. The highest BCUT2D eigenvalue weighted by atomic mass is 16.6. The summed E-state index contributed by atoms with van der Waals surface area (Å²) >= 11 is 0. The molecule has 33 heavy (non-hydrogen) atoms. The van der Waals surface area contributed by atoms with E-state index in [0.717, 1.165) is 32.1 Å². The summed E-state index contributed by atoms with van der Waals surface area (Å²) in [5, 5.41) is 11.7. The van der Waals surface area contributed by atoms with Crippen LogP contribution in [0.3, 0.4) is 0 Å². The summed E-state index contributed by atoms with van der Waals surface area (Å²) < 4.78 is 5.83. The Balaban J connectivity index is 1.39. The molecule has 188 valence electrons. The van der Waals surface area contributed by atoms with Crippen LogP contribution in [0.15, 0.2) is 0 Å². The van der Waals surface area contributed by atoms with Crippen LogP contribution in [0.4, 0.5) is 0 Å². The maximum absolute atomic E-state index is 12.9. The number of epoxide rings is 1. The van der Waals surface area contributed by atoms with Gasteiger partial charge < -0.3 is 9.84 Å². The Morgan fingerprint density at radius 1 is 0.909 bits per heavy atom. The van der Waals surface area contributed by atoms with Gasteiger partial charge in [-0.2, -0.15) is 0 Å². The first-order valence-corrected chi connectivity index (χ1v) is 14.0. The molecule has 0 aromatic carbocycles. The van der Waals surface area contributed by atoms with Crippen molar-refractivity contribution in [2.24, 2.45) is 45.3 Å². The maximum atomic E-state index is 12.9. The van der Waals surface area contributed by atoms with Gasteiger partial charge in [0.1, 0.15) is 5.78 Å². The first-order chi connectivity index (χ1) is 15.1. The second kappa shape index (κ2) is 7.09. The minimum Gasteiger partial charge on any atom is -0.390 e. The third kappa shape index (κ3) is 3.23. The molecular weight excluding hydrogens is 408 g/mol. The van der Waals surface area contributed by atoms with Crippen molar-refractivity contribution in [2.45, 2.75) is 137 Å². The molecule has 9 atom stereocenters. The van der Waals surface area contributed by atoms with Crippen LogP contribution in [0.5, 0.6) is 0 Å². The quantitative estimate of drug-likeness (QED) is 0.464. The van der Waals surface area contributed by atoms with Crippen molar-refractivity contribution in [3.05, 3.63) is 0 Å². The number of Topliss-reactive ketones (excluding diaryl/α,β-unsaturated/α-hetero) is 1. The number of fused-ring (bicyclic) bond motifs is 5. The van der Waals surface area contributed by atoms with Crippen molar-refractivity contribution >= 4 is 5.78 Å². The average Bonchev–Trinajstić information content (AvgIpc) is 3.15. The highest BCUT2D eigenvalue weighted by molar-refractivity contribution is 5.85. The van der Waals surface area contributed by atoms with E-state index >= 15 is 0 Å². The number of ether oxygens (including phenoxy) is 1. The summed E-state index contributed by atoms with van der Waals surface area (Å²) in [5.41, 5.74) is 0.104. The van der Waals surface area contributed by atoms with E-state index in [1.807, 2.05) is 0 Å². The van der Waals surface area contributed by atoms with Gasteiger partial charge in [0.05, 0.1) is 17.3 Å². The van der Waals surface area contributed by atoms with Crippen molar-refractivity contribution in [1.82, 2.24) is 0 Å². The van der Waals surface area contributed by atoms with E-state index in [-0.39, 0.29) is 16.4 Å². The monoisotopic (exact) mass is 458 g/mol. The van der Waals surface area contributed by atoms with Crippen LogP contribution < -0.4 is 0 Å². The largest absolute Gasteiger partial charge is 0.390 e. The number of hydrogen-bond acceptors (Lipinski definition) is 3. The minimum atomic E-state index is -0.603. The normalized spacial score (nSPS) is 51.8. The lowest BCUT2D eigenvalue weighted by Gasteiger charge is -2.69. The molecule has 4 aliphatic carbocycles. The summed E-state index contributed by atoms with van der Waals surface area (Å²) in [7, 11) is 0. The van der Waals surface area contributed by atoms with E-state index in [1.54, 1.807) is 0 Å². The standard InChI is InChI=1S/C30H50O3/c1-25(2)21-12-17-29(7)22(27(21,5)15-13-23(25)31)10-9-19-20(11-16-28(19,29)6)30(8,32)18-14-24-26(3,4)33-24/h19-22,24,32H,9-18H2,1-8H3/t19-,20+,21+,22-,24+,27+,28-,29-,30+/m1/s1. The Labute approximate surface area is 202 Å². The lowest BCUT2D eigenvalue weighted by molar-refractivity contribution is -0.207. The van der Waals surface area contributed by atoms with Gasteiger partial charge in [-0.05, 0) is 118 Å². The van der Waals surface area contributed by atoms with E-state index in [2.05, 4.69) is 55.4 Å². The second-order valence-electron chi connectivity index (χ2n) is 15.1. The molecule has 1 heterocycles. The van der Waals surface area contributed by atoms with Crippen molar-refractivity contribution in [3.63, 3.8) is 0 Å². The molecule has 1 N–H and O–H groups in total. The number of rotatable bonds is 4. The molecule has 1 saturated heterocycles. The molecule has 0 amide bonds. The van der Waals surface area contributed by atoms with Gasteiger partial charge in [0.15, 0.2) is 0 Å². The highest BCUT2D eigenvalue weighted by Gasteiger charge is 2.69. The first kappa shape index (κ1) is 24.3. The third-order valence-electron chi connectivity index (χ3n) is 13.0. The van der Waals surface area contributed by atoms with E-state index < -0.39 is 5.60 Å². The lowest BCUT2D eigenvalue weighted by atomic mass is 9.35. The Hall–Kier alpha value is -0.410. The zero-order valence-corrected chi connectivity index (χ0v) is 22.7. The zero-order valence-electron chi connectivity index (χ0n) is 22.7. The molecule has 5 rings (SSSR count).